The molecule has 0 aromatic heterocycles. The molecule has 0 spiro atoms. The second-order valence-corrected chi connectivity index (χ2v) is 14.0. The Labute approximate surface area is 285 Å². The molecule has 0 atom stereocenters. The third-order valence-corrected chi connectivity index (χ3v) is 7.86. The average molecular weight is 676 g/mol. The Bertz CT molecular complexity index is 1080. The molecule has 0 fully saturated rings. The topological polar surface area (TPSA) is 121 Å². The van der Waals surface area contributed by atoms with Crippen LogP contribution in [0.2, 0.25) is 0 Å². The fourth-order valence-corrected chi connectivity index (χ4v) is 5.32. The third-order valence-electron chi connectivity index (χ3n) is 7.86. The van der Waals surface area contributed by atoms with E-state index in [2.05, 4.69) is 55.4 Å². The van der Waals surface area contributed by atoms with Crippen LogP contribution in [0.25, 0.3) is 0 Å². The van der Waals surface area contributed by atoms with Gasteiger partial charge < -0.3 is 20.4 Å². The van der Waals surface area contributed by atoms with Crippen LogP contribution in [-0.4, -0.2) is 22.2 Å². The van der Waals surface area contributed by atoms with Crippen LogP contribution in [0.1, 0.15) is 150 Å². The van der Waals surface area contributed by atoms with Gasteiger partial charge in [0.15, 0.2) is 0 Å². The van der Waals surface area contributed by atoms with Crippen molar-refractivity contribution in [1.29, 1.82) is 0 Å². The summed E-state index contributed by atoms with van der Waals surface area (Å²) in [5, 5.41) is 43.0. The van der Waals surface area contributed by atoms with Crippen molar-refractivity contribution >= 4 is 11.9 Å². The number of benzene rings is 2. The molecule has 2 rings (SSSR count). The summed E-state index contributed by atoms with van der Waals surface area (Å²) in [6, 6.07) is 6.98. The van der Waals surface area contributed by atoms with Gasteiger partial charge in [0, 0.05) is 0 Å². The standard InChI is InChI=1S/2C19H30O3.Zn/c2*1-13(2)7-5-9-15-11-16(10-6-8-14(3)4)18(20)17(12-15)19(21)22;/h2*11-14,20H,5-10H2,1-4H3,(H,21,22);/q;;+2/p-2. The summed E-state index contributed by atoms with van der Waals surface area (Å²) in [6.07, 6.45) is 11.3. The van der Waals surface area contributed by atoms with Gasteiger partial charge in [-0.05, 0) is 98.3 Å². The minimum absolute atomic E-state index is 0. The first-order valence-corrected chi connectivity index (χ1v) is 16.7. The molecule has 0 bridgehead atoms. The van der Waals surface area contributed by atoms with Crippen molar-refractivity contribution in [1.82, 2.24) is 0 Å². The molecule has 248 valence electrons. The smallest absolute Gasteiger partial charge is 0.872 e. The number of carboxylic acids is 2. The second kappa shape index (κ2) is 22.2. The van der Waals surface area contributed by atoms with Gasteiger partial charge in [0.2, 0.25) is 0 Å². The molecular formula is C38H58O6Zn. The summed E-state index contributed by atoms with van der Waals surface area (Å²) in [6.45, 7) is 17.3. The van der Waals surface area contributed by atoms with E-state index in [1.807, 2.05) is 12.1 Å². The molecule has 7 heteroatoms. The monoisotopic (exact) mass is 674 g/mol. The van der Waals surface area contributed by atoms with Gasteiger partial charge in [-0.15, -0.1) is 0 Å². The van der Waals surface area contributed by atoms with Crippen molar-refractivity contribution in [3.63, 3.8) is 0 Å². The zero-order chi connectivity index (χ0) is 33.4. The number of carbonyl (C=O) groups is 2. The van der Waals surface area contributed by atoms with Crippen molar-refractivity contribution < 1.29 is 49.5 Å². The molecule has 0 aliphatic carbocycles. The number of rotatable bonds is 18. The first-order chi connectivity index (χ1) is 20.6. The summed E-state index contributed by atoms with van der Waals surface area (Å²) in [7, 11) is 0. The minimum atomic E-state index is -1.11. The van der Waals surface area contributed by atoms with E-state index in [0.29, 0.717) is 47.6 Å². The Morgan fingerprint density at radius 2 is 0.800 bits per heavy atom. The molecule has 2 aromatic rings. The van der Waals surface area contributed by atoms with Crippen LogP contribution in [0.4, 0.5) is 0 Å². The van der Waals surface area contributed by atoms with Gasteiger partial charge in [0.1, 0.15) is 0 Å². The van der Waals surface area contributed by atoms with Crippen LogP contribution in [0.3, 0.4) is 0 Å². The van der Waals surface area contributed by atoms with Crippen molar-refractivity contribution in [3.05, 3.63) is 57.6 Å². The zero-order valence-corrected chi connectivity index (χ0v) is 32.3. The van der Waals surface area contributed by atoms with Crippen LogP contribution in [0, 0.1) is 23.7 Å². The molecule has 0 saturated carbocycles. The summed E-state index contributed by atoms with van der Waals surface area (Å²) < 4.78 is 0. The first kappa shape index (κ1) is 42.6. The molecule has 0 radical (unpaired) electrons. The summed E-state index contributed by atoms with van der Waals surface area (Å²) in [5.41, 5.74) is 3.16. The molecule has 2 N–H and O–H groups in total. The maximum Gasteiger partial charge on any atom is 2.00 e. The fourth-order valence-electron chi connectivity index (χ4n) is 5.32. The largest absolute Gasteiger partial charge is 2.00 e. The molecule has 0 aliphatic rings. The normalized spacial score (nSPS) is 11.1. The summed E-state index contributed by atoms with van der Waals surface area (Å²) in [4.78, 5) is 22.6. The van der Waals surface area contributed by atoms with Crippen molar-refractivity contribution in [2.24, 2.45) is 23.7 Å². The van der Waals surface area contributed by atoms with Gasteiger partial charge in [0.05, 0.1) is 11.1 Å². The Kier molecular flexibility index (Phi) is 21.0. The van der Waals surface area contributed by atoms with E-state index < -0.39 is 11.9 Å². The van der Waals surface area contributed by atoms with Crippen LogP contribution in [0.5, 0.6) is 11.5 Å². The van der Waals surface area contributed by atoms with E-state index in [4.69, 9.17) is 0 Å². The zero-order valence-electron chi connectivity index (χ0n) is 29.3. The van der Waals surface area contributed by atoms with Gasteiger partial charge in [-0.2, -0.15) is 0 Å². The van der Waals surface area contributed by atoms with Crippen molar-refractivity contribution in [3.8, 4) is 11.5 Å². The SMILES string of the molecule is CC(C)CCCc1cc(CCCC(C)C)c([O-])c(C(=O)O)c1.CC(C)CCCc1cc(CCCC(C)C)c([O-])c(C(=O)O)c1.[Zn+2]. The Hall–Kier alpha value is -2.40. The third kappa shape index (κ3) is 17.2. The van der Waals surface area contributed by atoms with E-state index in [1.54, 1.807) is 12.1 Å². The van der Waals surface area contributed by atoms with Gasteiger partial charge in [0.25, 0.3) is 0 Å². The number of aromatic carboxylic acids is 2. The van der Waals surface area contributed by atoms with Crippen LogP contribution < -0.4 is 10.2 Å². The van der Waals surface area contributed by atoms with E-state index >= 15 is 0 Å². The molecule has 2 aromatic carbocycles. The van der Waals surface area contributed by atoms with Crippen molar-refractivity contribution in [2.45, 2.75) is 132 Å². The van der Waals surface area contributed by atoms with Crippen LogP contribution in [0.15, 0.2) is 24.3 Å². The van der Waals surface area contributed by atoms with Crippen molar-refractivity contribution in [2.75, 3.05) is 0 Å². The molecule has 6 nitrogen and oxygen atoms in total. The number of hydrogen-bond acceptors (Lipinski definition) is 4. The maximum atomic E-state index is 12.2. The van der Waals surface area contributed by atoms with E-state index in [0.717, 1.165) is 75.3 Å². The fraction of sp³-hybridized carbons (Fsp3) is 0.632. The molecule has 45 heavy (non-hydrogen) atoms. The second-order valence-electron chi connectivity index (χ2n) is 14.0. The predicted molar refractivity (Wildman–Crippen MR) is 177 cm³/mol. The average Bonchev–Trinajstić information content (AvgIpc) is 2.91. The van der Waals surface area contributed by atoms with E-state index in [-0.39, 0.29) is 42.1 Å². The Morgan fingerprint density at radius 1 is 0.533 bits per heavy atom. The number of carboxylic acid groups (broad SMARTS) is 2. The van der Waals surface area contributed by atoms with Gasteiger partial charge in [-0.1, -0.05) is 116 Å². The van der Waals surface area contributed by atoms with E-state index in [9.17, 15) is 30.0 Å². The number of aryl methyl sites for hydroxylation is 4. The molecule has 0 aliphatic heterocycles. The molecule has 0 unspecified atom stereocenters. The predicted octanol–water partition coefficient (Wildman–Crippen LogP) is 8.83. The maximum absolute atomic E-state index is 12.2. The summed E-state index contributed by atoms with van der Waals surface area (Å²) >= 11 is 0. The van der Waals surface area contributed by atoms with Gasteiger partial charge in [-0.3, -0.25) is 0 Å². The number of hydrogen-bond donors (Lipinski definition) is 2. The van der Waals surface area contributed by atoms with Gasteiger partial charge >= 0.3 is 31.4 Å². The Balaban J connectivity index is 0.000000842. The Morgan fingerprint density at radius 3 is 1.04 bits per heavy atom. The van der Waals surface area contributed by atoms with Crippen LogP contribution in [-0.2, 0) is 45.2 Å². The molecule has 0 amide bonds. The summed E-state index contributed by atoms with van der Waals surface area (Å²) in [5.74, 6) is -0.340. The van der Waals surface area contributed by atoms with Crippen LogP contribution >= 0.6 is 0 Å². The molecular weight excluding hydrogens is 618 g/mol. The van der Waals surface area contributed by atoms with Gasteiger partial charge in [-0.25, -0.2) is 9.59 Å². The van der Waals surface area contributed by atoms with E-state index in [1.165, 1.54) is 0 Å². The quantitative estimate of drug-likeness (QED) is 0.152. The molecule has 0 saturated heterocycles. The first-order valence-electron chi connectivity index (χ1n) is 16.7. The minimum Gasteiger partial charge on any atom is -0.872 e. The molecule has 0 heterocycles.